The van der Waals surface area contributed by atoms with Crippen molar-refractivity contribution in [1.29, 1.82) is 0 Å². The van der Waals surface area contributed by atoms with Gasteiger partial charge in [-0.15, -0.1) is 0 Å². The molecule has 2 atom stereocenters. The van der Waals surface area contributed by atoms with Gasteiger partial charge in [-0.05, 0) is 82.4 Å². The summed E-state index contributed by atoms with van der Waals surface area (Å²) in [5.74, 6) is 0.503. The molecule has 0 aliphatic rings. The first-order valence-electron chi connectivity index (χ1n) is 12.5. The molecule has 8 heteroatoms. The van der Waals surface area contributed by atoms with Gasteiger partial charge in [-0.1, -0.05) is 20.8 Å². The number of ether oxygens (including phenoxy) is 4. The number of esters is 2. The molecule has 0 bridgehead atoms. The molecule has 36 heavy (non-hydrogen) atoms. The maximum Gasteiger partial charge on any atom is 0.331 e. The van der Waals surface area contributed by atoms with Crippen LogP contribution in [0.5, 0.6) is 11.5 Å². The lowest BCUT2D eigenvalue weighted by Crippen LogP contribution is -2.43. The lowest BCUT2D eigenvalue weighted by molar-refractivity contribution is -0.149. The molecule has 0 radical (unpaired) electrons. The third kappa shape index (κ3) is 11.6. The van der Waals surface area contributed by atoms with E-state index in [4.69, 9.17) is 23.4 Å². The zero-order valence-corrected chi connectivity index (χ0v) is 25.0. The van der Waals surface area contributed by atoms with Gasteiger partial charge in [0, 0.05) is 12.1 Å². The molecule has 1 unspecified atom stereocenters. The number of methoxy groups -OCH3 is 2. The summed E-state index contributed by atoms with van der Waals surface area (Å²) in [5.41, 5.74) is 0.190. The molecule has 0 aliphatic carbocycles. The molecular weight excluding hydrogens is 476 g/mol. The van der Waals surface area contributed by atoms with Crippen molar-refractivity contribution < 1.29 is 33.0 Å². The van der Waals surface area contributed by atoms with Gasteiger partial charge in [0.15, 0.2) is 8.32 Å². The van der Waals surface area contributed by atoms with Crippen LogP contribution in [0.3, 0.4) is 0 Å². The van der Waals surface area contributed by atoms with Crippen LogP contribution in [0.1, 0.15) is 66.9 Å². The van der Waals surface area contributed by atoms with E-state index in [1.165, 1.54) is 6.08 Å². The summed E-state index contributed by atoms with van der Waals surface area (Å²) in [6.45, 7) is 18.2. The highest BCUT2D eigenvalue weighted by Crippen LogP contribution is 2.38. The predicted molar refractivity (Wildman–Crippen MR) is 145 cm³/mol. The molecule has 1 aromatic rings. The Kier molecular flexibility index (Phi) is 11.7. The lowest BCUT2D eigenvalue weighted by atomic mass is 10.1. The summed E-state index contributed by atoms with van der Waals surface area (Å²) in [6, 6.07) is 5.34. The van der Waals surface area contributed by atoms with Gasteiger partial charge in [0.05, 0.1) is 32.8 Å². The molecular formula is C28H46O7Si. The fourth-order valence-electron chi connectivity index (χ4n) is 3.13. The number of carbonyl (C=O) groups excluding carboxylic acids is 2. The summed E-state index contributed by atoms with van der Waals surface area (Å²) in [6.07, 6.45) is 3.91. The Morgan fingerprint density at radius 1 is 0.944 bits per heavy atom. The third-order valence-electron chi connectivity index (χ3n) is 6.06. The fraction of sp³-hybridized carbons (Fsp3) is 0.643. The first kappa shape index (κ1) is 31.7. The number of hydrogen-bond acceptors (Lipinski definition) is 7. The van der Waals surface area contributed by atoms with Crippen molar-refractivity contribution in [1.82, 2.24) is 0 Å². The summed E-state index contributed by atoms with van der Waals surface area (Å²) >= 11 is 0. The Bertz CT molecular complexity index is 872. The molecule has 0 saturated heterocycles. The molecule has 0 fully saturated rings. The largest absolute Gasteiger partial charge is 0.497 e. The van der Waals surface area contributed by atoms with Crippen molar-refractivity contribution in [2.45, 2.75) is 104 Å². The van der Waals surface area contributed by atoms with Crippen LogP contribution < -0.4 is 9.47 Å². The Morgan fingerprint density at radius 2 is 1.50 bits per heavy atom. The minimum atomic E-state index is -2.09. The summed E-state index contributed by atoms with van der Waals surface area (Å²) in [5, 5.41) is 0.0148. The van der Waals surface area contributed by atoms with E-state index in [2.05, 4.69) is 33.9 Å². The second-order valence-electron chi connectivity index (χ2n) is 11.6. The summed E-state index contributed by atoms with van der Waals surface area (Å²) in [7, 11) is 1.04. The maximum atomic E-state index is 12.6. The molecule has 0 aromatic heterocycles. The van der Waals surface area contributed by atoms with Crippen LogP contribution in [0.15, 0.2) is 30.4 Å². The van der Waals surface area contributed by atoms with Crippen LogP contribution in [-0.4, -0.2) is 52.3 Å². The van der Waals surface area contributed by atoms with Crippen LogP contribution in [-0.2, 0) is 29.9 Å². The zero-order chi connectivity index (χ0) is 27.7. The minimum absolute atomic E-state index is 0.0148. The second kappa shape index (κ2) is 13.3. The standard InChI is InChI=1S/C28H46O7Si/c1-20(33-26(30)18-21-16-23(31-8)19-24(17-21)32-9)12-13-22(35-36(10,11)28(5,6)7)14-15-25(29)34-27(2,3)4/h14-17,19-20,22H,12-13,18H2,1-11H3/b15-14+/t20-,22?/m1/s1. The van der Waals surface area contributed by atoms with Gasteiger partial charge in [-0.2, -0.15) is 0 Å². The first-order valence-corrected chi connectivity index (χ1v) is 15.4. The topological polar surface area (TPSA) is 80.3 Å². The van der Waals surface area contributed by atoms with E-state index in [-0.39, 0.29) is 29.6 Å². The van der Waals surface area contributed by atoms with Crippen molar-refractivity contribution in [3.05, 3.63) is 35.9 Å². The Morgan fingerprint density at radius 3 is 1.97 bits per heavy atom. The molecule has 0 spiro atoms. The highest BCUT2D eigenvalue weighted by molar-refractivity contribution is 6.74. The van der Waals surface area contributed by atoms with E-state index < -0.39 is 19.9 Å². The second-order valence-corrected chi connectivity index (χ2v) is 16.3. The molecule has 0 aliphatic heterocycles. The van der Waals surface area contributed by atoms with Crippen molar-refractivity contribution in [2.75, 3.05) is 14.2 Å². The normalized spacial score (nSPS) is 14.3. The minimum Gasteiger partial charge on any atom is -0.497 e. The monoisotopic (exact) mass is 522 g/mol. The highest BCUT2D eigenvalue weighted by Gasteiger charge is 2.38. The molecule has 204 valence electrons. The van der Waals surface area contributed by atoms with Crippen molar-refractivity contribution in [3.63, 3.8) is 0 Å². The van der Waals surface area contributed by atoms with Crippen LogP contribution in [0, 0.1) is 0 Å². The van der Waals surface area contributed by atoms with E-state index in [1.807, 2.05) is 27.7 Å². The van der Waals surface area contributed by atoms with E-state index in [0.29, 0.717) is 24.3 Å². The van der Waals surface area contributed by atoms with Gasteiger partial charge < -0.3 is 23.4 Å². The first-order chi connectivity index (χ1) is 16.5. The summed E-state index contributed by atoms with van der Waals surface area (Å²) in [4.78, 5) is 24.8. The molecule has 1 aromatic carbocycles. The Balaban J connectivity index is 2.83. The van der Waals surface area contributed by atoms with Gasteiger partial charge in [0.25, 0.3) is 0 Å². The Hall–Kier alpha value is -2.32. The average Bonchev–Trinajstić information content (AvgIpc) is 2.72. The number of benzene rings is 1. The predicted octanol–water partition coefficient (Wildman–Crippen LogP) is 6.25. The van der Waals surface area contributed by atoms with Crippen molar-refractivity contribution >= 4 is 20.3 Å². The van der Waals surface area contributed by atoms with Crippen molar-refractivity contribution in [2.24, 2.45) is 0 Å². The van der Waals surface area contributed by atoms with Crippen molar-refractivity contribution in [3.8, 4) is 11.5 Å². The highest BCUT2D eigenvalue weighted by atomic mass is 28.4. The van der Waals surface area contributed by atoms with E-state index in [0.717, 1.165) is 5.56 Å². The average molecular weight is 523 g/mol. The van der Waals surface area contributed by atoms with Gasteiger partial charge in [-0.3, -0.25) is 4.79 Å². The molecule has 0 heterocycles. The van der Waals surface area contributed by atoms with Crippen LogP contribution in [0.2, 0.25) is 18.1 Å². The molecule has 0 N–H and O–H groups in total. The zero-order valence-electron chi connectivity index (χ0n) is 24.0. The smallest absolute Gasteiger partial charge is 0.331 e. The maximum absolute atomic E-state index is 12.6. The van der Waals surface area contributed by atoms with Gasteiger partial charge in [-0.25, -0.2) is 4.79 Å². The number of carbonyl (C=O) groups is 2. The molecule has 1 rings (SSSR count). The van der Waals surface area contributed by atoms with E-state index in [9.17, 15) is 9.59 Å². The number of rotatable bonds is 12. The van der Waals surface area contributed by atoms with Gasteiger partial charge >= 0.3 is 11.9 Å². The van der Waals surface area contributed by atoms with Crippen LogP contribution >= 0.6 is 0 Å². The molecule has 0 saturated carbocycles. The van der Waals surface area contributed by atoms with E-state index >= 15 is 0 Å². The van der Waals surface area contributed by atoms with Gasteiger partial charge in [0.2, 0.25) is 0 Å². The Labute approximate surface area is 218 Å². The van der Waals surface area contributed by atoms with Gasteiger partial charge in [0.1, 0.15) is 17.1 Å². The van der Waals surface area contributed by atoms with Crippen LogP contribution in [0.4, 0.5) is 0 Å². The fourth-order valence-corrected chi connectivity index (χ4v) is 4.44. The lowest BCUT2D eigenvalue weighted by Gasteiger charge is -2.38. The van der Waals surface area contributed by atoms with Crippen LogP contribution in [0.25, 0.3) is 0 Å². The quantitative estimate of drug-likeness (QED) is 0.182. The SMILES string of the molecule is COc1cc(CC(=O)O[C@H](C)CCC(/C=C/C(=O)OC(C)(C)C)O[Si](C)(C)C(C)(C)C)cc(OC)c1. The van der Waals surface area contributed by atoms with E-state index in [1.54, 1.807) is 38.5 Å². The molecule has 0 amide bonds. The number of hydrogen-bond donors (Lipinski definition) is 0. The molecule has 7 nitrogen and oxygen atoms in total. The third-order valence-corrected chi connectivity index (χ3v) is 10.6. The summed E-state index contributed by atoms with van der Waals surface area (Å²) < 4.78 is 28.2.